The van der Waals surface area contributed by atoms with Gasteiger partial charge in [0, 0.05) is 23.2 Å². The number of hydrogen-bond acceptors (Lipinski definition) is 3. The highest BCUT2D eigenvalue weighted by molar-refractivity contribution is 9.10. The van der Waals surface area contributed by atoms with E-state index in [1.165, 1.54) is 0 Å². The van der Waals surface area contributed by atoms with Gasteiger partial charge in [-0.3, -0.25) is 0 Å². The van der Waals surface area contributed by atoms with Gasteiger partial charge in [-0.25, -0.2) is 0 Å². The zero-order chi connectivity index (χ0) is 12.1. The lowest BCUT2D eigenvalue weighted by Crippen LogP contribution is -2.28. The Balaban J connectivity index is 3.00. The number of anilines is 1. The first-order valence-corrected chi connectivity index (χ1v) is 5.68. The van der Waals surface area contributed by atoms with Crippen LogP contribution in [0.2, 0.25) is 0 Å². The van der Waals surface area contributed by atoms with Crippen LogP contribution in [0, 0.1) is 22.7 Å². The van der Waals surface area contributed by atoms with Crippen LogP contribution in [-0.4, -0.2) is 13.1 Å². The van der Waals surface area contributed by atoms with Crippen molar-refractivity contribution in [3.05, 3.63) is 28.2 Å². The Hall–Kier alpha value is -1.52. The second-order valence-corrected chi connectivity index (χ2v) is 4.55. The van der Waals surface area contributed by atoms with Gasteiger partial charge >= 0.3 is 0 Å². The van der Waals surface area contributed by atoms with E-state index in [9.17, 15) is 0 Å². The maximum absolute atomic E-state index is 8.87. The molecule has 0 aliphatic heterocycles. The van der Waals surface area contributed by atoms with Gasteiger partial charge in [-0.2, -0.15) is 10.5 Å². The molecule has 16 heavy (non-hydrogen) atoms. The van der Waals surface area contributed by atoms with Gasteiger partial charge in [0.25, 0.3) is 0 Å². The fourth-order valence-electron chi connectivity index (χ4n) is 1.37. The Labute approximate surface area is 104 Å². The molecule has 0 amide bonds. The van der Waals surface area contributed by atoms with Crippen molar-refractivity contribution in [3.63, 3.8) is 0 Å². The van der Waals surface area contributed by atoms with Crippen LogP contribution in [0.25, 0.3) is 0 Å². The monoisotopic (exact) mass is 277 g/mol. The van der Waals surface area contributed by atoms with Gasteiger partial charge in [-0.15, -0.1) is 0 Å². The molecule has 0 heterocycles. The second-order valence-electron chi connectivity index (χ2n) is 3.63. The summed E-state index contributed by atoms with van der Waals surface area (Å²) in [6.07, 6.45) is 0.463. The summed E-state index contributed by atoms with van der Waals surface area (Å²) < 4.78 is 0.873. The Bertz CT molecular complexity index is 456. The zero-order valence-corrected chi connectivity index (χ0v) is 10.8. The third-order valence-electron chi connectivity index (χ3n) is 2.47. The van der Waals surface area contributed by atoms with E-state index in [1.807, 2.05) is 31.0 Å². The Morgan fingerprint density at radius 2 is 2.06 bits per heavy atom. The average molecular weight is 278 g/mol. The van der Waals surface area contributed by atoms with Crippen molar-refractivity contribution in [2.45, 2.75) is 19.4 Å². The minimum atomic E-state index is 0.130. The molecule has 0 spiro atoms. The van der Waals surface area contributed by atoms with E-state index in [0.717, 1.165) is 10.2 Å². The Morgan fingerprint density at radius 3 is 2.62 bits per heavy atom. The maximum atomic E-state index is 8.87. The maximum Gasteiger partial charge on any atom is 0.0992 e. The van der Waals surface area contributed by atoms with Crippen molar-refractivity contribution < 1.29 is 0 Å². The van der Waals surface area contributed by atoms with Crippen LogP contribution in [0.15, 0.2) is 22.7 Å². The molecule has 0 aliphatic rings. The number of benzene rings is 1. The minimum absolute atomic E-state index is 0.130. The molecule has 1 aromatic carbocycles. The van der Waals surface area contributed by atoms with Crippen molar-refractivity contribution in [2.24, 2.45) is 0 Å². The van der Waals surface area contributed by atoms with Crippen LogP contribution in [0.3, 0.4) is 0 Å². The molecule has 3 nitrogen and oxygen atoms in total. The van der Waals surface area contributed by atoms with Crippen molar-refractivity contribution in [1.82, 2.24) is 0 Å². The van der Waals surface area contributed by atoms with Gasteiger partial charge in [0.15, 0.2) is 0 Å². The summed E-state index contributed by atoms with van der Waals surface area (Å²) in [6, 6.07) is 9.91. The van der Waals surface area contributed by atoms with Crippen LogP contribution in [0.5, 0.6) is 0 Å². The highest BCUT2D eigenvalue weighted by Gasteiger charge is 2.10. The SMILES string of the molecule is CC(CC#N)N(C)c1cc(Br)cc(C#N)c1. The molecular weight excluding hydrogens is 266 g/mol. The van der Waals surface area contributed by atoms with E-state index >= 15 is 0 Å². The third kappa shape index (κ3) is 2.98. The van der Waals surface area contributed by atoms with Crippen LogP contribution >= 0.6 is 15.9 Å². The summed E-state index contributed by atoms with van der Waals surface area (Å²) in [5.41, 5.74) is 1.55. The van der Waals surface area contributed by atoms with Crippen LogP contribution in [-0.2, 0) is 0 Å². The molecule has 0 fully saturated rings. The predicted molar refractivity (Wildman–Crippen MR) is 67.0 cm³/mol. The molecule has 0 radical (unpaired) electrons. The lowest BCUT2D eigenvalue weighted by atomic mass is 10.1. The predicted octanol–water partition coefficient (Wildman–Crippen LogP) is 3.06. The summed E-state index contributed by atoms with van der Waals surface area (Å²) in [4.78, 5) is 1.99. The molecule has 0 aromatic heterocycles. The number of halogens is 1. The van der Waals surface area contributed by atoms with Crippen LogP contribution in [0.4, 0.5) is 5.69 Å². The first-order valence-electron chi connectivity index (χ1n) is 4.89. The van der Waals surface area contributed by atoms with Gasteiger partial charge in [-0.1, -0.05) is 15.9 Å². The largest absolute Gasteiger partial charge is 0.371 e. The smallest absolute Gasteiger partial charge is 0.0992 e. The van der Waals surface area contributed by atoms with Crippen molar-refractivity contribution >= 4 is 21.6 Å². The standard InChI is InChI=1S/C12H12BrN3/c1-9(3-4-14)16(2)12-6-10(8-15)5-11(13)7-12/h5-7,9H,3H2,1-2H3. The molecule has 1 atom stereocenters. The highest BCUT2D eigenvalue weighted by atomic mass is 79.9. The molecule has 1 unspecified atom stereocenters. The fraction of sp³-hybridized carbons (Fsp3) is 0.333. The fourth-order valence-corrected chi connectivity index (χ4v) is 1.85. The summed E-state index contributed by atoms with van der Waals surface area (Å²) >= 11 is 3.37. The van der Waals surface area contributed by atoms with E-state index in [4.69, 9.17) is 10.5 Å². The second kappa shape index (κ2) is 5.53. The van der Waals surface area contributed by atoms with Crippen LogP contribution in [0.1, 0.15) is 18.9 Å². The Morgan fingerprint density at radius 1 is 1.38 bits per heavy atom. The molecule has 1 aromatic rings. The van der Waals surface area contributed by atoms with Crippen molar-refractivity contribution in [3.8, 4) is 12.1 Å². The molecule has 1 rings (SSSR count). The van der Waals surface area contributed by atoms with Gasteiger partial charge in [0.05, 0.1) is 24.1 Å². The van der Waals surface area contributed by atoms with Gasteiger partial charge < -0.3 is 4.90 Å². The third-order valence-corrected chi connectivity index (χ3v) is 2.92. The molecule has 82 valence electrons. The molecule has 0 N–H and O–H groups in total. The first-order chi connectivity index (χ1) is 7.58. The zero-order valence-electron chi connectivity index (χ0n) is 9.24. The average Bonchev–Trinajstić information content (AvgIpc) is 2.27. The van der Waals surface area contributed by atoms with E-state index in [2.05, 4.69) is 28.1 Å². The molecule has 4 heteroatoms. The number of hydrogen-bond donors (Lipinski definition) is 0. The minimum Gasteiger partial charge on any atom is -0.371 e. The topological polar surface area (TPSA) is 50.8 Å². The lowest BCUT2D eigenvalue weighted by molar-refractivity contribution is 0.702. The summed E-state index contributed by atoms with van der Waals surface area (Å²) in [5, 5.41) is 17.5. The van der Waals surface area contributed by atoms with E-state index in [0.29, 0.717) is 12.0 Å². The Kier molecular flexibility index (Phi) is 4.34. The summed E-state index contributed by atoms with van der Waals surface area (Å²) in [5.74, 6) is 0. The quantitative estimate of drug-likeness (QED) is 0.853. The highest BCUT2D eigenvalue weighted by Crippen LogP contribution is 2.23. The van der Waals surface area contributed by atoms with Crippen molar-refractivity contribution in [2.75, 3.05) is 11.9 Å². The normalized spacial score (nSPS) is 11.3. The van der Waals surface area contributed by atoms with E-state index in [-0.39, 0.29) is 6.04 Å². The summed E-state index contributed by atoms with van der Waals surface area (Å²) in [7, 11) is 1.92. The van der Waals surface area contributed by atoms with Gasteiger partial charge in [-0.05, 0) is 25.1 Å². The van der Waals surface area contributed by atoms with Crippen molar-refractivity contribution in [1.29, 1.82) is 10.5 Å². The van der Waals surface area contributed by atoms with Gasteiger partial charge in [0.2, 0.25) is 0 Å². The number of nitriles is 2. The lowest BCUT2D eigenvalue weighted by Gasteiger charge is -2.25. The molecule has 0 aliphatic carbocycles. The van der Waals surface area contributed by atoms with E-state index in [1.54, 1.807) is 6.07 Å². The number of nitrogens with zero attached hydrogens (tertiary/aromatic N) is 3. The molecule has 0 saturated carbocycles. The molecular formula is C12H12BrN3. The number of rotatable bonds is 3. The molecule has 0 bridgehead atoms. The van der Waals surface area contributed by atoms with E-state index < -0.39 is 0 Å². The van der Waals surface area contributed by atoms with Gasteiger partial charge in [0.1, 0.15) is 0 Å². The summed E-state index contributed by atoms with van der Waals surface area (Å²) in [6.45, 7) is 1.98. The first kappa shape index (κ1) is 12.5. The van der Waals surface area contributed by atoms with Crippen LogP contribution < -0.4 is 4.90 Å². The molecule has 0 saturated heterocycles.